The summed E-state index contributed by atoms with van der Waals surface area (Å²) in [6, 6.07) is 9.73. The minimum Gasteiger partial charge on any atom is -0.486 e. The summed E-state index contributed by atoms with van der Waals surface area (Å²) in [5, 5.41) is 10.2. The lowest BCUT2D eigenvalue weighted by Crippen LogP contribution is -2.50. The fraction of sp³-hybridized carbons (Fsp3) is 0.435. The number of nitrogens with zero attached hydrogens (tertiary/aromatic N) is 2. The summed E-state index contributed by atoms with van der Waals surface area (Å²) in [4.78, 5) is 14.9. The normalized spacial score (nSPS) is 19.8. The first-order valence-corrected chi connectivity index (χ1v) is 14.9. The number of hydrogen-bond acceptors (Lipinski definition) is 7. The van der Waals surface area contributed by atoms with Gasteiger partial charge in [-0.1, -0.05) is 24.6 Å². The Morgan fingerprint density at radius 1 is 1.19 bits per heavy atom. The Balaban J connectivity index is 2.05. The van der Waals surface area contributed by atoms with Crippen molar-refractivity contribution < 1.29 is 31.5 Å². The Hall–Kier alpha value is -2.38. The number of rotatable bonds is 8. The summed E-state index contributed by atoms with van der Waals surface area (Å²) in [5.41, 5.74) is 0.159. The lowest BCUT2D eigenvalue weighted by Gasteiger charge is -2.38. The molecular weight excluding hydrogens is 530 g/mol. The van der Waals surface area contributed by atoms with E-state index in [1.807, 2.05) is 0 Å². The van der Waals surface area contributed by atoms with Crippen molar-refractivity contribution in [3.8, 4) is 5.75 Å². The molecule has 1 heterocycles. The largest absolute Gasteiger partial charge is 0.486 e. The molecule has 1 amide bonds. The zero-order valence-corrected chi connectivity index (χ0v) is 22.8. The number of ether oxygens (including phenoxy) is 1. The second-order valence-corrected chi connectivity index (χ2v) is 13.1. The van der Waals surface area contributed by atoms with E-state index in [2.05, 4.69) is 4.72 Å². The molecule has 3 atom stereocenters. The molecule has 0 saturated heterocycles. The highest BCUT2D eigenvalue weighted by Gasteiger charge is 2.36. The van der Waals surface area contributed by atoms with Gasteiger partial charge < -0.3 is 14.7 Å². The summed E-state index contributed by atoms with van der Waals surface area (Å²) < 4.78 is 60.1. The SMILES string of the molecule is C[C@@H]1CN([C@@H](C)CO)C(=O)c2cccc(NS(C)(=O)=O)c2O[C@H]1CN(C)S(=O)(=O)c1ccc(Cl)cc1. The van der Waals surface area contributed by atoms with Crippen LogP contribution in [-0.2, 0) is 20.0 Å². The van der Waals surface area contributed by atoms with Gasteiger partial charge in [-0.2, -0.15) is 4.31 Å². The standard InChI is InChI=1S/C23H30ClN3O7S2/c1-15-12-27(16(2)14-28)23(29)19-6-5-7-20(25-35(4,30)31)22(19)34-21(15)13-26(3)36(32,33)18-10-8-17(24)9-11-18/h5-11,15-16,21,25,28H,12-14H2,1-4H3/t15-,16+,21+/m1/s1. The number of hydrogen-bond donors (Lipinski definition) is 2. The molecule has 3 rings (SSSR count). The highest BCUT2D eigenvalue weighted by molar-refractivity contribution is 7.92. The molecule has 2 aromatic carbocycles. The molecule has 0 radical (unpaired) electrons. The van der Waals surface area contributed by atoms with Crippen LogP contribution in [0.4, 0.5) is 5.69 Å². The molecular formula is C23H30ClN3O7S2. The van der Waals surface area contributed by atoms with Gasteiger partial charge >= 0.3 is 0 Å². The summed E-state index contributed by atoms with van der Waals surface area (Å²) in [6.45, 7) is 3.30. The van der Waals surface area contributed by atoms with E-state index in [-0.39, 0.29) is 47.5 Å². The molecule has 13 heteroatoms. The smallest absolute Gasteiger partial charge is 0.258 e. The maximum atomic E-state index is 13.4. The van der Waals surface area contributed by atoms with Gasteiger partial charge in [-0.15, -0.1) is 0 Å². The van der Waals surface area contributed by atoms with E-state index < -0.39 is 38.1 Å². The van der Waals surface area contributed by atoms with Crippen LogP contribution in [0.15, 0.2) is 47.4 Å². The van der Waals surface area contributed by atoms with E-state index >= 15 is 0 Å². The van der Waals surface area contributed by atoms with Gasteiger partial charge in [-0.05, 0) is 43.3 Å². The Morgan fingerprint density at radius 3 is 2.42 bits per heavy atom. The summed E-state index contributed by atoms with van der Waals surface area (Å²) in [5.74, 6) is -0.821. The number of benzene rings is 2. The van der Waals surface area contributed by atoms with Crippen LogP contribution in [0.2, 0.25) is 5.02 Å². The molecule has 0 unspecified atom stereocenters. The average Bonchev–Trinajstić information content (AvgIpc) is 2.80. The number of sulfonamides is 2. The van der Waals surface area contributed by atoms with Crippen molar-refractivity contribution in [1.82, 2.24) is 9.21 Å². The molecule has 2 aromatic rings. The van der Waals surface area contributed by atoms with E-state index in [1.54, 1.807) is 13.8 Å². The second-order valence-electron chi connectivity index (χ2n) is 8.92. The van der Waals surface area contributed by atoms with Crippen molar-refractivity contribution >= 4 is 43.2 Å². The monoisotopic (exact) mass is 559 g/mol. The number of carbonyl (C=O) groups is 1. The molecule has 0 aliphatic carbocycles. The van der Waals surface area contributed by atoms with E-state index in [1.165, 1.54) is 54.4 Å². The van der Waals surface area contributed by atoms with Crippen molar-refractivity contribution in [1.29, 1.82) is 0 Å². The zero-order valence-electron chi connectivity index (χ0n) is 20.4. The number of para-hydroxylation sites is 1. The number of amides is 1. The summed E-state index contributed by atoms with van der Waals surface area (Å²) in [6.07, 6.45) is 0.212. The third-order valence-electron chi connectivity index (χ3n) is 5.95. The van der Waals surface area contributed by atoms with Crippen LogP contribution in [0, 0.1) is 5.92 Å². The van der Waals surface area contributed by atoms with Crippen LogP contribution in [0.1, 0.15) is 24.2 Å². The number of nitrogens with one attached hydrogen (secondary N) is 1. The van der Waals surface area contributed by atoms with E-state index in [0.29, 0.717) is 5.02 Å². The van der Waals surface area contributed by atoms with Gasteiger partial charge in [-0.25, -0.2) is 16.8 Å². The minimum absolute atomic E-state index is 0.00287. The van der Waals surface area contributed by atoms with Crippen molar-refractivity contribution in [2.75, 3.05) is 37.7 Å². The fourth-order valence-corrected chi connectivity index (χ4v) is 5.75. The molecule has 2 N–H and O–H groups in total. The molecule has 0 fully saturated rings. The van der Waals surface area contributed by atoms with Gasteiger partial charge in [0, 0.05) is 24.5 Å². The number of likely N-dealkylation sites (N-methyl/N-ethyl adjacent to an activating group) is 1. The van der Waals surface area contributed by atoms with Crippen LogP contribution in [0.3, 0.4) is 0 Å². The molecule has 198 valence electrons. The van der Waals surface area contributed by atoms with Crippen molar-refractivity contribution in [3.05, 3.63) is 53.1 Å². The van der Waals surface area contributed by atoms with Gasteiger partial charge in [0.1, 0.15) is 6.10 Å². The molecule has 1 aliphatic rings. The number of carbonyl (C=O) groups excluding carboxylic acids is 1. The predicted octanol–water partition coefficient (Wildman–Crippen LogP) is 2.25. The Kier molecular flexibility index (Phi) is 8.56. The first kappa shape index (κ1) is 28.2. The Morgan fingerprint density at radius 2 is 1.83 bits per heavy atom. The quantitative estimate of drug-likeness (QED) is 0.506. The lowest BCUT2D eigenvalue weighted by atomic mass is 9.99. The summed E-state index contributed by atoms with van der Waals surface area (Å²) in [7, 11) is -6.19. The lowest BCUT2D eigenvalue weighted by molar-refractivity contribution is 0.0389. The van der Waals surface area contributed by atoms with E-state index in [0.717, 1.165) is 10.6 Å². The number of aliphatic hydroxyl groups excluding tert-OH is 1. The van der Waals surface area contributed by atoms with E-state index in [9.17, 15) is 26.7 Å². The number of halogens is 1. The molecule has 0 bridgehead atoms. The molecule has 10 nitrogen and oxygen atoms in total. The first-order chi connectivity index (χ1) is 16.7. The highest BCUT2D eigenvalue weighted by Crippen LogP contribution is 2.35. The number of anilines is 1. The molecule has 1 aliphatic heterocycles. The van der Waals surface area contributed by atoms with Crippen molar-refractivity contribution in [3.63, 3.8) is 0 Å². The molecule has 0 aromatic heterocycles. The van der Waals surface area contributed by atoms with Crippen LogP contribution < -0.4 is 9.46 Å². The number of aliphatic hydroxyl groups is 1. The minimum atomic E-state index is -3.90. The topological polar surface area (TPSA) is 133 Å². The average molecular weight is 560 g/mol. The third-order valence-corrected chi connectivity index (χ3v) is 8.63. The first-order valence-electron chi connectivity index (χ1n) is 11.2. The maximum absolute atomic E-state index is 13.4. The zero-order chi connectivity index (χ0) is 26.8. The second kappa shape index (κ2) is 10.9. The summed E-state index contributed by atoms with van der Waals surface area (Å²) >= 11 is 5.89. The highest BCUT2D eigenvalue weighted by atomic mass is 35.5. The predicted molar refractivity (Wildman–Crippen MR) is 137 cm³/mol. The van der Waals surface area contributed by atoms with Gasteiger partial charge in [0.05, 0.1) is 41.6 Å². The molecule has 36 heavy (non-hydrogen) atoms. The van der Waals surface area contributed by atoms with E-state index in [4.69, 9.17) is 16.3 Å². The van der Waals surface area contributed by atoms with Gasteiger partial charge in [0.25, 0.3) is 5.91 Å². The van der Waals surface area contributed by atoms with Crippen LogP contribution >= 0.6 is 11.6 Å². The number of fused-ring (bicyclic) bond motifs is 1. The Labute approximate surface area is 216 Å². The maximum Gasteiger partial charge on any atom is 0.258 e. The van der Waals surface area contributed by atoms with Gasteiger partial charge in [0.2, 0.25) is 20.0 Å². The van der Waals surface area contributed by atoms with Crippen molar-refractivity contribution in [2.45, 2.75) is 30.9 Å². The molecule has 0 saturated carbocycles. The fourth-order valence-electron chi connectivity index (χ4n) is 3.88. The van der Waals surface area contributed by atoms with Crippen LogP contribution in [-0.4, -0.2) is 82.2 Å². The molecule has 0 spiro atoms. The Bertz CT molecular complexity index is 1320. The van der Waals surface area contributed by atoms with Crippen LogP contribution in [0.5, 0.6) is 5.75 Å². The van der Waals surface area contributed by atoms with Gasteiger partial charge in [0.15, 0.2) is 5.75 Å². The third kappa shape index (κ3) is 6.30. The van der Waals surface area contributed by atoms with Crippen LogP contribution in [0.25, 0.3) is 0 Å². The van der Waals surface area contributed by atoms with Crippen molar-refractivity contribution in [2.24, 2.45) is 5.92 Å². The van der Waals surface area contributed by atoms with Gasteiger partial charge in [-0.3, -0.25) is 9.52 Å².